The van der Waals surface area contributed by atoms with Crippen molar-refractivity contribution >= 4 is 23.5 Å². The molecule has 0 radical (unpaired) electrons. The quantitative estimate of drug-likeness (QED) is 0.643. The summed E-state index contributed by atoms with van der Waals surface area (Å²) in [5, 5.41) is 4.05. The predicted octanol–water partition coefficient (Wildman–Crippen LogP) is 2.44. The zero-order valence-corrected chi connectivity index (χ0v) is 12.4. The molecule has 0 atom stereocenters. The Kier molecular flexibility index (Phi) is 3.87. The number of ketones is 1. The molecule has 1 aliphatic heterocycles. The van der Waals surface area contributed by atoms with Crippen LogP contribution in [0.1, 0.15) is 28.8 Å². The molecule has 1 aromatic carbocycles. The van der Waals surface area contributed by atoms with Crippen LogP contribution in [0.15, 0.2) is 42.7 Å². The fourth-order valence-corrected chi connectivity index (χ4v) is 2.54. The number of nitrogens with zero attached hydrogens (tertiary/aromatic N) is 3. The molecule has 0 aliphatic carbocycles. The minimum absolute atomic E-state index is 0.0858. The lowest BCUT2D eigenvalue weighted by Gasteiger charge is -2.16. The normalized spacial score (nSPS) is 15.0. The highest BCUT2D eigenvalue weighted by Crippen LogP contribution is 2.22. The van der Waals surface area contributed by atoms with Crippen LogP contribution in [0.5, 0.6) is 0 Å². The van der Waals surface area contributed by atoms with E-state index in [1.165, 1.54) is 6.08 Å². The number of rotatable bonds is 4. The van der Waals surface area contributed by atoms with E-state index in [1.54, 1.807) is 34.0 Å². The van der Waals surface area contributed by atoms with Crippen LogP contribution in [0.3, 0.4) is 0 Å². The van der Waals surface area contributed by atoms with Crippen molar-refractivity contribution in [1.82, 2.24) is 9.78 Å². The van der Waals surface area contributed by atoms with Crippen LogP contribution in [0.2, 0.25) is 0 Å². The number of aromatic nitrogens is 2. The van der Waals surface area contributed by atoms with Crippen molar-refractivity contribution < 1.29 is 9.59 Å². The fourth-order valence-electron chi connectivity index (χ4n) is 2.54. The van der Waals surface area contributed by atoms with Gasteiger partial charge < -0.3 is 4.90 Å². The number of carbonyl (C=O) groups is 2. The molecule has 0 unspecified atom stereocenters. The molecule has 1 aromatic heterocycles. The first-order valence-corrected chi connectivity index (χ1v) is 7.25. The van der Waals surface area contributed by atoms with Crippen molar-refractivity contribution in [1.29, 1.82) is 0 Å². The van der Waals surface area contributed by atoms with Crippen LogP contribution in [0.4, 0.5) is 5.69 Å². The Labute approximate surface area is 128 Å². The Morgan fingerprint density at radius 3 is 2.91 bits per heavy atom. The molecule has 2 aromatic rings. The molecule has 1 amide bonds. The summed E-state index contributed by atoms with van der Waals surface area (Å²) in [5.74, 6) is 0.0350. The molecule has 1 fully saturated rings. The monoisotopic (exact) mass is 295 g/mol. The second kappa shape index (κ2) is 5.97. The highest BCUT2D eigenvalue weighted by molar-refractivity contribution is 6.08. The minimum atomic E-state index is -0.0858. The second-order valence-electron chi connectivity index (χ2n) is 5.34. The van der Waals surface area contributed by atoms with Gasteiger partial charge in [-0.05, 0) is 30.7 Å². The number of anilines is 1. The van der Waals surface area contributed by atoms with Gasteiger partial charge in [0.25, 0.3) is 0 Å². The first-order chi connectivity index (χ1) is 10.6. The van der Waals surface area contributed by atoms with Gasteiger partial charge in [0.15, 0.2) is 5.78 Å². The van der Waals surface area contributed by atoms with Crippen molar-refractivity contribution in [3.63, 3.8) is 0 Å². The minimum Gasteiger partial charge on any atom is -0.312 e. The molecule has 0 spiro atoms. The average Bonchev–Trinajstić information content (AvgIpc) is 3.13. The van der Waals surface area contributed by atoms with E-state index in [0.717, 1.165) is 24.2 Å². The Hall–Kier alpha value is -2.69. The third kappa shape index (κ3) is 2.98. The van der Waals surface area contributed by atoms with E-state index in [0.29, 0.717) is 12.0 Å². The van der Waals surface area contributed by atoms with Crippen LogP contribution in [-0.4, -0.2) is 28.0 Å². The summed E-state index contributed by atoms with van der Waals surface area (Å²) in [4.78, 5) is 25.8. The molecular formula is C17H17N3O2. The van der Waals surface area contributed by atoms with Crippen molar-refractivity contribution in [2.45, 2.75) is 12.8 Å². The van der Waals surface area contributed by atoms with Crippen LogP contribution >= 0.6 is 0 Å². The van der Waals surface area contributed by atoms with Crippen molar-refractivity contribution in [3.8, 4) is 0 Å². The Morgan fingerprint density at radius 1 is 1.36 bits per heavy atom. The fraction of sp³-hybridized carbons (Fsp3) is 0.235. The van der Waals surface area contributed by atoms with E-state index in [9.17, 15) is 9.59 Å². The summed E-state index contributed by atoms with van der Waals surface area (Å²) in [5.41, 5.74) is 2.25. The van der Waals surface area contributed by atoms with E-state index >= 15 is 0 Å². The summed E-state index contributed by atoms with van der Waals surface area (Å²) in [6, 6.07) is 7.22. The van der Waals surface area contributed by atoms with E-state index in [4.69, 9.17) is 0 Å². The third-order valence-electron chi connectivity index (χ3n) is 3.67. The predicted molar refractivity (Wildman–Crippen MR) is 84.6 cm³/mol. The zero-order chi connectivity index (χ0) is 15.5. The van der Waals surface area contributed by atoms with Gasteiger partial charge in [-0.2, -0.15) is 5.10 Å². The molecule has 3 rings (SSSR count). The number of benzene rings is 1. The molecular weight excluding hydrogens is 278 g/mol. The first kappa shape index (κ1) is 14.3. The lowest BCUT2D eigenvalue weighted by molar-refractivity contribution is -0.117. The maximum Gasteiger partial charge on any atom is 0.227 e. The van der Waals surface area contributed by atoms with Gasteiger partial charge in [-0.1, -0.05) is 12.1 Å². The Balaban J connectivity index is 1.78. The molecule has 1 saturated heterocycles. The van der Waals surface area contributed by atoms with Gasteiger partial charge in [0.05, 0.1) is 6.20 Å². The summed E-state index contributed by atoms with van der Waals surface area (Å²) in [7, 11) is 1.83. The average molecular weight is 295 g/mol. The van der Waals surface area contributed by atoms with Gasteiger partial charge in [0.2, 0.25) is 5.91 Å². The van der Waals surface area contributed by atoms with Crippen molar-refractivity contribution in [2.24, 2.45) is 7.05 Å². The van der Waals surface area contributed by atoms with Crippen LogP contribution in [-0.2, 0) is 11.8 Å². The number of carbonyl (C=O) groups excluding carboxylic acids is 2. The maximum atomic E-state index is 12.3. The summed E-state index contributed by atoms with van der Waals surface area (Å²) >= 11 is 0. The molecule has 5 heteroatoms. The van der Waals surface area contributed by atoms with E-state index < -0.39 is 0 Å². The van der Waals surface area contributed by atoms with Gasteiger partial charge in [-0.15, -0.1) is 0 Å². The van der Waals surface area contributed by atoms with E-state index in [1.807, 2.05) is 25.4 Å². The lowest BCUT2D eigenvalue weighted by Crippen LogP contribution is -2.23. The number of amides is 1. The van der Waals surface area contributed by atoms with Gasteiger partial charge in [0, 0.05) is 43.0 Å². The molecule has 22 heavy (non-hydrogen) atoms. The standard InChI is InChI=1S/C17H17N3O2/c1-19-12-13(11-18-19)7-8-16(21)14-4-2-5-15(10-14)20-9-3-6-17(20)22/h2,4-5,7-8,10-12H,3,6,9H2,1H3. The first-order valence-electron chi connectivity index (χ1n) is 7.25. The molecule has 5 nitrogen and oxygen atoms in total. The number of hydrogen-bond acceptors (Lipinski definition) is 3. The largest absolute Gasteiger partial charge is 0.312 e. The van der Waals surface area contributed by atoms with Gasteiger partial charge in [0.1, 0.15) is 0 Å². The molecule has 0 N–H and O–H groups in total. The molecule has 112 valence electrons. The summed E-state index contributed by atoms with van der Waals surface area (Å²) in [6.07, 6.45) is 8.26. The van der Waals surface area contributed by atoms with Gasteiger partial charge in [-0.25, -0.2) is 0 Å². The Morgan fingerprint density at radius 2 is 2.23 bits per heavy atom. The molecule has 2 heterocycles. The molecule has 0 bridgehead atoms. The summed E-state index contributed by atoms with van der Waals surface area (Å²) in [6.45, 7) is 0.724. The third-order valence-corrected chi connectivity index (χ3v) is 3.67. The second-order valence-corrected chi connectivity index (χ2v) is 5.34. The van der Waals surface area contributed by atoms with Crippen LogP contribution in [0.25, 0.3) is 6.08 Å². The van der Waals surface area contributed by atoms with Crippen molar-refractivity contribution in [2.75, 3.05) is 11.4 Å². The Bertz CT molecular complexity index is 746. The topological polar surface area (TPSA) is 55.2 Å². The van der Waals surface area contributed by atoms with Gasteiger partial charge in [-0.3, -0.25) is 14.3 Å². The maximum absolute atomic E-state index is 12.3. The van der Waals surface area contributed by atoms with E-state index in [2.05, 4.69) is 5.10 Å². The summed E-state index contributed by atoms with van der Waals surface area (Å²) < 4.78 is 1.68. The number of aryl methyl sites for hydroxylation is 1. The van der Waals surface area contributed by atoms with Gasteiger partial charge >= 0.3 is 0 Å². The van der Waals surface area contributed by atoms with E-state index in [-0.39, 0.29) is 11.7 Å². The SMILES string of the molecule is Cn1cc(C=CC(=O)c2cccc(N3CCCC3=O)c2)cn1. The van der Waals surface area contributed by atoms with Crippen molar-refractivity contribution in [3.05, 3.63) is 53.9 Å². The molecule has 0 saturated carbocycles. The zero-order valence-electron chi connectivity index (χ0n) is 12.4. The van der Waals surface area contributed by atoms with Crippen LogP contribution in [0, 0.1) is 0 Å². The number of allylic oxidation sites excluding steroid dienone is 1. The highest BCUT2D eigenvalue weighted by Gasteiger charge is 2.21. The lowest BCUT2D eigenvalue weighted by atomic mass is 10.1. The highest BCUT2D eigenvalue weighted by atomic mass is 16.2. The number of hydrogen-bond donors (Lipinski definition) is 0. The smallest absolute Gasteiger partial charge is 0.227 e. The molecule has 1 aliphatic rings. The van der Waals surface area contributed by atoms with Crippen LogP contribution < -0.4 is 4.90 Å².